The third-order valence-electron chi connectivity index (χ3n) is 3.75. The van der Waals surface area contributed by atoms with Crippen LogP contribution in [0.15, 0.2) is 42.3 Å². The number of aliphatic hydroxyl groups excluding tert-OH is 1. The molecule has 1 saturated heterocycles. The van der Waals surface area contributed by atoms with Crippen LogP contribution in [0, 0.1) is 0 Å². The average molecular weight is 334 g/mol. The molecule has 7 heteroatoms. The van der Waals surface area contributed by atoms with Crippen LogP contribution in [0.25, 0.3) is 0 Å². The fourth-order valence-corrected chi connectivity index (χ4v) is 2.42. The van der Waals surface area contributed by atoms with Gasteiger partial charge in [-0.05, 0) is 32.1 Å². The summed E-state index contributed by atoms with van der Waals surface area (Å²) in [4.78, 5) is 15.2. The van der Waals surface area contributed by atoms with Gasteiger partial charge in [0.1, 0.15) is 0 Å². The van der Waals surface area contributed by atoms with Crippen LogP contribution in [0.1, 0.15) is 13.8 Å². The second-order valence-electron chi connectivity index (χ2n) is 5.62. The van der Waals surface area contributed by atoms with Gasteiger partial charge < -0.3 is 25.1 Å². The molecule has 1 aromatic carbocycles. The summed E-state index contributed by atoms with van der Waals surface area (Å²) < 4.78 is 4.99. The smallest absolute Gasteiger partial charge is 0.409 e. The summed E-state index contributed by atoms with van der Waals surface area (Å²) in [5.41, 5.74) is 7.17. The van der Waals surface area contributed by atoms with E-state index < -0.39 is 0 Å². The van der Waals surface area contributed by atoms with Gasteiger partial charge in [-0.3, -0.25) is 0 Å². The molecule has 0 radical (unpaired) electrons. The number of piperazine rings is 1. The average Bonchev–Trinajstić information content (AvgIpc) is 2.61. The van der Waals surface area contributed by atoms with Gasteiger partial charge in [0.15, 0.2) is 5.88 Å². The second-order valence-corrected chi connectivity index (χ2v) is 5.62. The van der Waals surface area contributed by atoms with E-state index in [0.29, 0.717) is 32.8 Å². The lowest BCUT2D eigenvalue weighted by Gasteiger charge is -2.34. The lowest BCUT2D eigenvalue weighted by atomic mass is 10.3. The number of hydrogen-bond acceptors (Lipinski definition) is 6. The number of aliphatic hydroxyl groups is 1. The van der Waals surface area contributed by atoms with Crippen LogP contribution in [0.3, 0.4) is 0 Å². The number of hydrogen-bond donors (Lipinski definition) is 3. The van der Waals surface area contributed by atoms with E-state index in [2.05, 4.69) is 10.9 Å². The standard InChI is InChI=1S/C17H26N4O3/c1-3-24-17(23)21-11-9-20(10-12-21)16(22)13-14(2)18-19-15-7-5-4-6-8-15/h4-8,13-14,18-19,22H,3,9-12H2,1-2H3/b16-13-. The molecule has 1 fully saturated rings. The van der Waals surface area contributed by atoms with Crippen LogP contribution in [0.4, 0.5) is 10.5 Å². The maximum atomic E-state index is 11.7. The topological polar surface area (TPSA) is 77.1 Å². The highest BCUT2D eigenvalue weighted by atomic mass is 16.6. The molecule has 1 heterocycles. The first-order chi connectivity index (χ1) is 11.6. The monoisotopic (exact) mass is 334 g/mol. The van der Waals surface area contributed by atoms with Gasteiger partial charge in [0.25, 0.3) is 0 Å². The van der Waals surface area contributed by atoms with Crippen molar-refractivity contribution in [2.45, 2.75) is 19.9 Å². The van der Waals surface area contributed by atoms with Crippen molar-refractivity contribution in [3.8, 4) is 0 Å². The van der Waals surface area contributed by atoms with E-state index >= 15 is 0 Å². The van der Waals surface area contributed by atoms with Gasteiger partial charge in [-0.15, -0.1) is 0 Å². The molecule has 0 bridgehead atoms. The Labute approximate surface area is 142 Å². The molecule has 24 heavy (non-hydrogen) atoms. The maximum Gasteiger partial charge on any atom is 0.409 e. The predicted octanol–water partition coefficient (Wildman–Crippen LogP) is 2.17. The minimum absolute atomic E-state index is 0.0618. The second kappa shape index (κ2) is 9.02. The van der Waals surface area contributed by atoms with E-state index in [9.17, 15) is 9.90 Å². The van der Waals surface area contributed by atoms with Gasteiger partial charge in [-0.1, -0.05) is 18.2 Å². The predicted molar refractivity (Wildman–Crippen MR) is 93.5 cm³/mol. The SMILES string of the molecule is CCOC(=O)N1CCN(/C(O)=C/C(C)NNc2ccccc2)CC1. The van der Waals surface area contributed by atoms with Crippen LogP contribution in [0.2, 0.25) is 0 Å². The van der Waals surface area contributed by atoms with Gasteiger partial charge in [0.05, 0.1) is 6.61 Å². The third-order valence-corrected chi connectivity index (χ3v) is 3.75. The number of nitrogens with one attached hydrogen (secondary N) is 2. The fourth-order valence-electron chi connectivity index (χ4n) is 2.42. The molecular formula is C17H26N4O3. The molecule has 1 aliphatic heterocycles. The first-order valence-electron chi connectivity index (χ1n) is 8.24. The number of anilines is 1. The summed E-state index contributed by atoms with van der Waals surface area (Å²) >= 11 is 0. The molecule has 1 amide bonds. The quantitative estimate of drug-likeness (QED) is 0.547. The minimum Gasteiger partial charge on any atom is -0.495 e. The van der Waals surface area contributed by atoms with Crippen molar-refractivity contribution in [2.24, 2.45) is 0 Å². The molecule has 0 saturated carbocycles. The highest BCUT2D eigenvalue weighted by molar-refractivity contribution is 5.67. The molecule has 7 nitrogen and oxygen atoms in total. The van der Waals surface area contributed by atoms with Crippen molar-refractivity contribution in [3.63, 3.8) is 0 Å². The van der Waals surface area contributed by atoms with Crippen LogP contribution in [0.5, 0.6) is 0 Å². The molecule has 0 aliphatic carbocycles. The summed E-state index contributed by atoms with van der Waals surface area (Å²) in [5, 5.41) is 10.3. The Morgan fingerprint density at radius 2 is 1.88 bits per heavy atom. The number of carbonyl (C=O) groups excluding carboxylic acids is 1. The molecule has 0 aromatic heterocycles. The van der Waals surface area contributed by atoms with E-state index in [1.807, 2.05) is 42.2 Å². The Hall–Kier alpha value is -2.41. The lowest BCUT2D eigenvalue weighted by molar-refractivity contribution is 0.0740. The zero-order valence-electron chi connectivity index (χ0n) is 14.2. The molecule has 1 aliphatic rings. The first-order valence-corrected chi connectivity index (χ1v) is 8.24. The molecule has 1 unspecified atom stereocenters. The molecule has 1 atom stereocenters. The van der Waals surface area contributed by atoms with E-state index in [0.717, 1.165) is 5.69 Å². The van der Waals surface area contributed by atoms with Crippen LogP contribution in [-0.4, -0.2) is 59.8 Å². The summed E-state index contributed by atoms with van der Waals surface area (Å²) in [5.74, 6) is 0.216. The Morgan fingerprint density at radius 3 is 2.50 bits per heavy atom. The van der Waals surface area contributed by atoms with Gasteiger partial charge in [-0.2, -0.15) is 0 Å². The van der Waals surface area contributed by atoms with Crippen LogP contribution in [-0.2, 0) is 4.74 Å². The number of rotatable bonds is 6. The van der Waals surface area contributed by atoms with E-state index in [-0.39, 0.29) is 18.0 Å². The Bertz CT molecular complexity index is 542. The molecule has 0 spiro atoms. The highest BCUT2D eigenvalue weighted by Gasteiger charge is 2.23. The number of ether oxygens (including phenoxy) is 1. The zero-order chi connectivity index (χ0) is 17.4. The molecule has 1 aromatic rings. The normalized spacial score (nSPS) is 16.7. The lowest BCUT2D eigenvalue weighted by Crippen LogP contribution is -2.48. The van der Waals surface area contributed by atoms with E-state index in [1.54, 1.807) is 17.9 Å². The number of para-hydroxylation sites is 1. The highest BCUT2D eigenvalue weighted by Crippen LogP contribution is 2.10. The van der Waals surface area contributed by atoms with Gasteiger partial charge in [0.2, 0.25) is 0 Å². The minimum atomic E-state index is -0.289. The Kier molecular flexibility index (Phi) is 6.74. The fraction of sp³-hybridized carbons (Fsp3) is 0.471. The number of carbonyl (C=O) groups is 1. The Balaban J connectivity index is 1.77. The summed E-state index contributed by atoms with van der Waals surface area (Å²) in [6.45, 7) is 6.37. The maximum absolute atomic E-state index is 11.7. The summed E-state index contributed by atoms with van der Waals surface area (Å²) in [6.07, 6.45) is 1.46. The van der Waals surface area contributed by atoms with Crippen molar-refractivity contribution in [3.05, 3.63) is 42.3 Å². The van der Waals surface area contributed by atoms with Crippen LogP contribution < -0.4 is 10.9 Å². The van der Waals surface area contributed by atoms with Gasteiger partial charge in [0, 0.05) is 37.9 Å². The van der Waals surface area contributed by atoms with Crippen molar-refractivity contribution in [1.29, 1.82) is 0 Å². The van der Waals surface area contributed by atoms with Crippen LogP contribution >= 0.6 is 0 Å². The van der Waals surface area contributed by atoms with Crippen molar-refractivity contribution in [1.82, 2.24) is 15.2 Å². The number of amides is 1. The number of hydrazine groups is 1. The summed E-state index contributed by atoms with van der Waals surface area (Å²) in [7, 11) is 0. The van der Waals surface area contributed by atoms with Crippen molar-refractivity contribution >= 4 is 11.8 Å². The first kappa shape index (κ1) is 17.9. The number of nitrogens with zero attached hydrogens (tertiary/aromatic N) is 2. The molecule has 2 rings (SSSR count). The number of benzene rings is 1. The summed E-state index contributed by atoms with van der Waals surface area (Å²) in [6, 6.07) is 9.70. The molecule has 132 valence electrons. The van der Waals surface area contributed by atoms with Gasteiger partial charge in [-0.25, -0.2) is 10.2 Å². The van der Waals surface area contributed by atoms with Crippen molar-refractivity contribution in [2.75, 3.05) is 38.2 Å². The molecule has 3 N–H and O–H groups in total. The Morgan fingerprint density at radius 1 is 1.25 bits per heavy atom. The zero-order valence-corrected chi connectivity index (χ0v) is 14.2. The van der Waals surface area contributed by atoms with Crippen molar-refractivity contribution < 1.29 is 14.6 Å². The molecular weight excluding hydrogens is 308 g/mol. The largest absolute Gasteiger partial charge is 0.495 e. The van der Waals surface area contributed by atoms with Gasteiger partial charge >= 0.3 is 6.09 Å². The van der Waals surface area contributed by atoms with E-state index in [4.69, 9.17) is 4.74 Å². The third kappa shape index (κ3) is 5.34. The van der Waals surface area contributed by atoms with E-state index in [1.165, 1.54) is 0 Å².